The van der Waals surface area contributed by atoms with Crippen LogP contribution in [0, 0.1) is 11.3 Å². The molecule has 1 fully saturated rings. The summed E-state index contributed by atoms with van der Waals surface area (Å²) in [4.78, 5) is 18.6. The van der Waals surface area contributed by atoms with Crippen molar-refractivity contribution in [1.29, 1.82) is 5.26 Å². The van der Waals surface area contributed by atoms with Gasteiger partial charge < -0.3 is 14.8 Å². The largest absolute Gasteiger partial charge is 0.452 e. The van der Waals surface area contributed by atoms with E-state index >= 15 is 0 Å². The van der Waals surface area contributed by atoms with Crippen LogP contribution in [0.1, 0.15) is 43.4 Å². The van der Waals surface area contributed by atoms with Gasteiger partial charge in [0.15, 0.2) is 0 Å². The average Bonchev–Trinajstić information content (AvgIpc) is 3.39. The number of fused-ring (bicyclic) bond motifs is 1. The number of pyridine rings is 1. The highest BCUT2D eigenvalue weighted by molar-refractivity contribution is 5.92. The lowest BCUT2D eigenvalue weighted by molar-refractivity contribution is 0.175. The molecule has 5 rings (SSSR count). The molecule has 3 aromatic rings. The zero-order valence-corrected chi connectivity index (χ0v) is 19.9. The lowest BCUT2D eigenvalue weighted by atomic mass is 9.92. The maximum Gasteiger partial charge on any atom is 0.414 e. The third kappa shape index (κ3) is 4.33. The van der Waals surface area contributed by atoms with E-state index in [4.69, 9.17) is 9.47 Å². The summed E-state index contributed by atoms with van der Waals surface area (Å²) in [5.74, 6) is 0.821. The van der Waals surface area contributed by atoms with E-state index in [-0.39, 0.29) is 11.9 Å². The maximum atomic E-state index is 12.6. The number of anilines is 1. The molecular formula is C26H28N6O3. The normalized spacial score (nSPS) is 18.0. The van der Waals surface area contributed by atoms with Crippen molar-refractivity contribution in [3.05, 3.63) is 54.0 Å². The molecule has 0 aliphatic carbocycles. The van der Waals surface area contributed by atoms with Crippen molar-refractivity contribution < 1.29 is 14.3 Å². The van der Waals surface area contributed by atoms with Crippen molar-refractivity contribution >= 4 is 11.8 Å². The Kier molecular flexibility index (Phi) is 6.38. The summed E-state index contributed by atoms with van der Waals surface area (Å²) in [6.45, 7) is 3.96. The van der Waals surface area contributed by atoms with Crippen LogP contribution in [-0.2, 0) is 11.2 Å². The van der Waals surface area contributed by atoms with Gasteiger partial charge in [-0.1, -0.05) is 0 Å². The molecule has 9 nitrogen and oxygen atoms in total. The maximum absolute atomic E-state index is 12.6. The molecule has 2 aromatic heterocycles. The predicted octanol–water partition coefficient (Wildman–Crippen LogP) is 4.44. The smallest absolute Gasteiger partial charge is 0.414 e. The number of nitriles is 1. The molecule has 0 radical (unpaired) electrons. The van der Waals surface area contributed by atoms with Gasteiger partial charge in [0.25, 0.3) is 0 Å². The van der Waals surface area contributed by atoms with Gasteiger partial charge in [0.05, 0.1) is 25.0 Å². The van der Waals surface area contributed by atoms with E-state index in [1.807, 2.05) is 29.9 Å². The molecule has 180 valence electrons. The minimum atomic E-state index is -0.411. The molecule has 1 amide bonds. The second-order valence-electron chi connectivity index (χ2n) is 8.93. The number of methoxy groups -OCH3 is 1. The number of nitrogens with zero attached hydrogens (tertiary/aromatic N) is 5. The third-order valence-corrected chi connectivity index (χ3v) is 6.81. The quantitative estimate of drug-likeness (QED) is 0.598. The number of rotatable bonds is 4. The molecule has 1 saturated heterocycles. The van der Waals surface area contributed by atoms with Crippen molar-refractivity contribution in [3.8, 4) is 28.8 Å². The summed E-state index contributed by atoms with van der Waals surface area (Å²) in [7, 11) is 1.39. The standard InChI is InChI=1S/C26H28N6O3/c1-17-5-6-22-23(32(17)26(33)34-2)8-7-21(24(22)35-25-18(14-27)4-3-11-29-25)19-15-30-31(16-19)20-9-12-28-13-10-20/h3-4,7-8,11,15-17,20,28H,5-6,9-10,12-13H2,1-2H3/t17-/m0/s1. The fourth-order valence-electron chi connectivity index (χ4n) is 4.93. The number of carbonyl (C=O) groups excluding carboxylic acids is 1. The number of nitrogens with one attached hydrogen (secondary N) is 1. The molecule has 1 aromatic carbocycles. The molecule has 1 atom stereocenters. The van der Waals surface area contributed by atoms with Crippen LogP contribution in [0.15, 0.2) is 42.9 Å². The minimum absolute atomic E-state index is 0.0131. The molecule has 0 saturated carbocycles. The van der Waals surface area contributed by atoms with Crippen LogP contribution in [0.25, 0.3) is 11.1 Å². The fraction of sp³-hybridized carbons (Fsp3) is 0.385. The van der Waals surface area contributed by atoms with E-state index in [1.54, 1.807) is 23.2 Å². The van der Waals surface area contributed by atoms with Gasteiger partial charge >= 0.3 is 6.09 Å². The van der Waals surface area contributed by atoms with Crippen LogP contribution in [0.2, 0.25) is 0 Å². The van der Waals surface area contributed by atoms with Crippen LogP contribution in [-0.4, -0.2) is 47.1 Å². The van der Waals surface area contributed by atoms with Crippen molar-refractivity contribution in [2.75, 3.05) is 25.1 Å². The highest BCUT2D eigenvalue weighted by Crippen LogP contribution is 2.45. The van der Waals surface area contributed by atoms with Gasteiger partial charge in [-0.2, -0.15) is 10.4 Å². The van der Waals surface area contributed by atoms with Gasteiger partial charge in [-0.3, -0.25) is 9.58 Å². The van der Waals surface area contributed by atoms with E-state index in [2.05, 4.69) is 27.7 Å². The monoisotopic (exact) mass is 472 g/mol. The number of piperidine rings is 1. The summed E-state index contributed by atoms with van der Waals surface area (Å²) in [6, 6.07) is 9.75. The first-order valence-corrected chi connectivity index (χ1v) is 11.9. The highest BCUT2D eigenvalue weighted by Gasteiger charge is 2.33. The van der Waals surface area contributed by atoms with Gasteiger partial charge in [0, 0.05) is 35.1 Å². The third-order valence-electron chi connectivity index (χ3n) is 6.81. The zero-order chi connectivity index (χ0) is 24.4. The Hall–Kier alpha value is -3.90. The Bertz CT molecular complexity index is 1270. The van der Waals surface area contributed by atoms with E-state index in [1.165, 1.54) is 7.11 Å². The van der Waals surface area contributed by atoms with Crippen LogP contribution in [0.3, 0.4) is 0 Å². The second-order valence-corrected chi connectivity index (χ2v) is 8.93. The number of amides is 1. The molecule has 1 N–H and O–H groups in total. The topological polar surface area (TPSA) is 105 Å². The Balaban J connectivity index is 1.63. The van der Waals surface area contributed by atoms with Crippen molar-refractivity contribution in [1.82, 2.24) is 20.1 Å². The lowest BCUT2D eigenvalue weighted by Gasteiger charge is -2.35. The number of benzene rings is 1. The van der Waals surface area contributed by atoms with E-state index < -0.39 is 6.09 Å². The summed E-state index contributed by atoms with van der Waals surface area (Å²) >= 11 is 0. The average molecular weight is 473 g/mol. The molecule has 4 heterocycles. The molecule has 0 spiro atoms. The summed E-state index contributed by atoms with van der Waals surface area (Å²) in [5.41, 5.74) is 3.73. The molecule has 2 aliphatic rings. The Labute approximate surface area is 204 Å². The first-order chi connectivity index (χ1) is 17.1. The van der Waals surface area contributed by atoms with Crippen LogP contribution >= 0.6 is 0 Å². The number of hydrogen-bond donors (Lipinski definition) is 1. The fourth-order valence-corrected chi connectivity index (χ4v) is 4.93. The summed E-state index contributed by atoms with van der Waals surface area (Å²) in [6.07, 6.45) is 8.62. The van der Waals surface area contributed by atoms with Crippen molar-refractivity contribution in [2.45, 2.75) is 44.7 Å². The molecule has 0 bridgehead atoms. The Morgan fingerprint density at radius 2 is 2.06 bits per heavy atom. The molecule has 9 heteroatoms. The van der Waals surface area contributed by atoms with E-state index in [0.29, 0.717) is 23.8 Å². The van der Waals surface area contributed by atoms with Gasteiger partial charge in [-0.25, -0.2) is 9.78 Å². The molecular weight excluding hydrogens is 444 g/mol. The highest BCUT2D eigenvalue weighted by atomic mass is 16.5. The number of hydrogen-bond acceptors (Lipinski definition) is 7. The van der Waals surface area contributed by atoms with Gasteiger partial charge in [0.1, 0.15) is 17.4 Å². The second kappa shape index (κ2) is 9.76. The predicted molar refractivity (Wildman–Crippen MR) is 130 cm³/mol. The Morgan fingerprint density at radius 1 is 1.23 bits per heavy atom. The van der Waals surface area contributed by atoms with Crippen LogP contribution in [0.4, 0.5) is 10.5 Å². The van der Waals surface area contributed by atoms with Gasteiger partial charge in [-0.05, 0) is 70.0 Å². The molecule has 0 unspecified atom stereocenters. The number of ether oxygens (including phenoxy) is 2. The Morgan fingerprint density at radius 3 is 2.83 bits per heavy atom. The number of carbonyl (C=O) groups is 1. The van der Waals surface area contributed by atoms with E-state index in [9.17, 15) is 10.1 Å². The van der Waals surface area contributed by atoms with Crippen LogP contribution < -0.4 is 15.0 Å². The van der Waals surface area contributed by atoms with Gasteiger partial charge in [-0.15, -0.1) is 0 Å². The first-order valence-electron chi connectivity index (χ1n) is 11.9. The molecule has 35 heavy (non-hydrogen) atoms. The van der Waals surface area contributed by atoms with Crippen molar-refractivity contribution in [3.63, 3.8) is 0 Å². The first kappa shape index (κ1) is 22.9. The van der Waals surface area contributed by atoms with E-state index in [0.717, 1.165) is 54.7 Å². The minimum Gasteiger partial charge on any atom is -0.452 e. The summed E-state index contributed by atoms with van der Waals surface area (Å²) < 4.78 is 13.5. The van der Waals surface area contributed by atoms with Crippen LogP contribution in [0.5, 0.6) is 11.6 Å². The van der Waals surface area contributed by atoms with Crippen molar-refractivity contribution in [2.24, 2.45) is 0 Å². The SMILES string of the molecule is COC(=O)N1c2ccc(-c3cnn(C4CCNCC4)c3)c(Oc3ncccc3C#N)c2CC[C@@H]1C. The zero-order valence-electron chi connectivity index (χ0n) is 19.9. The lowest BCUT2D eigenvalue weighted by Crippen LogP contribution is -2.42. The number of aromatic nitrogens is 3. The van der Waals surface area contributed by atoms with Gasteiger partial charge in [0.2, 0.25) is 5.88 Å². The molecule has 2 aliphatic heterocycles. The summed E-state index contributed by atoms with van der Waals surface area (Å²) in [5, 5.41) is 17.6.